The van der Waals surface area contributed by atoms with Gasteiger partial charge in [-0.2, -0.15) is 0 Å². The molecule has 1 aromatic heterocycles. The smallest absolute Gasteiger partial charge is 0.358 e. The third-order valence-electron chi connectivity index (χ3n) is 4.03. The van der Waals surface area contributed by atoms with Gasteiger partial charge in [0, 0.05) is 5.02 Å². The lowest BCUT2D eigenvalue weighted by Gasteiger charge is -2.38. The van der Waals surface area contributed by atoms with E-state index in [0.29, 0.717) is 18.2 Å². The van der Waals surface area contributed by atoms with Gasteiger partial charge in [-0.15, -0.1) is 5.10 Å². The van der Waals surface area contributed by atoms with Crippen molar-refractivity contribution in [3.63, 3.8) is 0 Å². The zero-order chi connectivity index (χ0) is 18.0. The molecule has 0 bridgehead atoms. The molecule has 2 unspecified atom stereocenters. The number of carbonyl (C=O) groups excluding carboxylic acids is 1. The van der Waals surface area contributed by atoms with Gasteiger partial charge >= 0.3 is 5.97 Å². The number of ether oxygens (including phenoxy) is 1. The number of rotatable bonds is 4. The first-order valence-electron chi connectivity index (χ1n) is 7.74. The molecule has 132 valence electrons. The molecular weight excluding hydrogens is 348 g/mol. The maximum absolute atomic E-state index is 12.6. The summed E-state index contributed by atoms with van der Waals surface area (Å²) in [5.74, 6) is -1.36. The van der Waals surface area contributed by atoms with Crippen LogP contribution in [0.4, 0.5) is 0 Å². The Morgan fingerprint density at radius 1 is 1.44 bits per heavy atom. The van der Waals surface area contributed by atoms with Crippen molar-refractivity contribution in [3.8, 4) is 0 Å². The monoisotopic (exact) mass is 364 g/mol. The van der Waals surface area contributed by atoms with Crippen LogP contribution in [-0.2, 0) is 16.1 Å². The van der Waals surface area contributed by atoms with Crippen molar-refractivity contribution in [2.45, 2.75) is 25.6 Å². The normalized spacial score (nSPS) is 20.5. The Morgan fingerprint density at radius 3 is 2.92 bits per heavy atom. The Labute approximate surface area is 148 Å². The van der Waals surface area contributed by atoms with Gasteiger partial charge in [-0.1, -0.05) is 28.9 Å². The molecule has 3 rings (SSSR count). The van der Waals surface area contributed by atoms with E-state index in [4.69, 9.17) is 21.4 Å². The quantitative estimate of drug-likeness (QED) is 0.885. The van der Waals surface area contributed by atoms with Crippen LogP contribution in [-0.4, -0.2) is 56.1 Å². The minimum absolute atomic E-state index is 0.0765. The van der Waals surface area contributed by atoms with Crippen molar-refractivity contribution in [3.05, 3.63) is 46.7 Å². The number of carboxylic acids is 1. The highest BCUT2D eigenvalue weighted by Gasteiger charge is 2.30. The first-order valence-corrected chi connectivity index (χ1v) is 8.12. The average molecular weight is 365 g/mol. The molecule has 0 spiro atoms. The summed E-state index contributed by atoms with van der Waals surface area (Å²) in [7, 11) is 0. The second-order valence-corrected chi connectivity index (χ2v) is 6.32. The number of nitrogens with zero attached hydrogens (tertiary/aromatic N) is 4. The maximum atomic E-state index is 12.6. The Hall–Kier alpha value is -2.45. The number of aromatic carboxylic acids is 1. The molecule has 1 N–H and O–H groups in total. The fourth-order valence-corrected chi connectivity index (χ4v) is 2.91. The van der Waals surface area contributed by atoms with Crippen molar-refractivity contribution >= 4 is 23.5 Å². The first kappa shape index (κ1) is 17.4. The van der Waals surface area contributed by atoms with E-state index < -0.39 is 5.97 Å². The molecule has 2 aromatic rings. The van der Waals surface area contributed by atoms with Crippen LogP contribution in [0.2, 0.25) is 5.02 Å². The van der Waals surface area contributed by atoms with Gasteiger partial charge < -0.3 is 14.7 Å². The summed E-state index contributed by atoms with van der Waals surface area (Å²) < 4.78 is 7.06. The number of benzene rings is 1. The summed E-state index contributed by atoms with van der Waals surface area (Å²) >= 11 is 6.02. The molecule has 0 saturated carbocycles. The molecule has 9 heteroatoms. The largest absolute Gasteiger partial charge is 0.476 e. The molecule has 1 aliphatic rings. The number of halogens is 1. The van der Waals surface area contributed by atoms with Gasteiger partial charge in [0.2, 0.25) is 5.91 Å². The van der Waals surface area contributed by atoms with E-state index in [1.807, 2.05) is 25.1 Å². The van der Waals surface area contributed by atoms with Gasteiger partial charge in [0.1, 0.15) is 12.6 Å². The van der Waals surface area contributed by atoms with Crippen LogP contribution in [0.5, 0.6) is 0 Å². The molecule has 1 aromatic carbocycles. The zero-order valence-corrected chi connectivity index (χ0v) is 14.3. The number of hydrogen-bond acceptors (Lipinski definition) is 5. The molecular formula is C16H17ClN4O4. The standard InChI is InChI=1S/C16H17ClN4O4/c1-10-9-25-14(11-3-2-4-12(17)5-11)7-21(10)15(22)8-20-6-13(16(23)24)18-19-20/h2-6,10,14H,7-9H2,1H3,(H,23,24). The summed E-state index contributed by atoms with van der Waals surface area (Å²) in [6, 6.07) is 7.26. The van der Waals surface area contributed by atoms with Crippen LogP contribution in [0.25, 0.3) is 0 Å². The summed E-state index contributed by atoms with van der Waals surface area (Å²) in [6.45, 7) is 2.62. The molecule has 1 aliphatic heterocycles. The molecule has 0 radical (unpaired) electrons. The Bertz CT molecular complexity index is 794. The molecule has 8 nitrogen and oxygen atoms in total. The molecule has 2 atom stereocenters. The van der Waals surface area contributed by atoms with Crippen LogP contribution in [0.3, 0.4) is 0 Å². The molecule has 0 aliphatic carbocycles. The molecule has 2 heterocycles. The summed E-state index contributed by atoms with van der Waals surface area (Å²) in [6.07, 6.45) is 0.976. The maximum Gasteiger partial charge on any atom is 0.358 e. The topological polar surface area (TPSA) is 97.5 Å². The minimum Gasteiger partial charge on any atom is -0.476 e. The number of aromatic nitrogens is 3. The van der Waals surface area contributed by atoms with Crippen LogP contribution in [0, 0.1) is 0 Å². The third kappa shape index (κ3) is 3.97. The van der Waals surface area contributed by atoms with Crippen molar-refractivity contribution in [2.75, 3.05) is 13.2 Å². The van der Waals surface area contributed by atoms with E-state index in [2.05, 4.69) is 10.3 Å². The second kappa shape index (κ2) is 7.20. The average Bonchev–Trinajstić information content (AvgIpc) is 3.04. The lowest BCUT2D eigenvalue weighted by atomic mass is 10.1. The summed E-state index contributed by atoms with van der Waals surface area (Å²) in [4.78, 5) is 25.2. The van der Waals surface area contributed by atoms with Crippen LogP contribution >= 0.6 is 11.6 Å². The molecule has 1 fully saturated rings. The zero-order valence-electron chi connectivity index (χ0n) is 13.5. The van der Waals surface area contributed by atoms with Crippen LogP contribution in [0.1, 0.15) is 29.1 Å². The minimum atomic E-state index is -1.18. The lowest BCUT2D eigenvalue weighted by molar-refractivity contribution is -0.145. The number of carboxylic acid groups (broad SMARTS) is 1. The number of amides is 1. The number of carbonyl (C=O) groups is 2. The fourth-order valence-electron chi connectivity index (χ4n) is 2.72. The van der Waals surface area contributed by atoms with Gasteiger partial charge in [-0.05, 0) is 24.6 Å². The molecule has 25 heavy (non-hydrogen) atoms. The van der Waals surface area contributed by atoms with Crippen LogP contribution in [0.15, 0.2) is 30.5 Å². The highest BCUT2D eigenvalue weighted by molar-refractivity contribution is 6.30. The van der Waals surface area contributed by atoms with E-state index in [0.717, 1.165) is 5.56 Å². The predicted molar refractivity (Wildman–Crippen MR) is 88.3 cm³/mol. The Balaban J connectivity index is 1.70. The van der Waals surface area contributed by atoms with Gasteiger partial charge in [0.25, 0.3) is 0 Å². The van der Waals surface area contributed by atoms with Crippen molar-refractivity contribution < 1.29 is 19.4 Å². The van der Waals surface area contributed by atoms with Gasteiger partial charge in [0.05, 0.1) is 25.4 Å². The molecule has 1 saturated heterocycles. The van der Waals surface area contributed by atoms with E-state index in [1.54, 1.807) is 11.0 Å². The lowest BCUT2D eigenvalue weighted by Crippen LogP contribution is -2.49. The van der Waals surface area contributed by atoms with Gasteiger partial charge in [-0.3, -0.25) is 4.79 Å². The predicted octanol–water partition coefficient (Wildman–Crippen LogP) is 1.62. The summed E-state index contributed by atoms with van der Waals surface area (Å²) in [5, 5.41) is 16.7. The Kier molecular flexibility index (Phi) is 5.00. The summed E-state index contributed by atoms with van der Waals surface area (Å²) in [5.41, 5.74) is 0.714. The second-order valence-electron chi connectivity index (χ2n) is 5.88. The number of morpholine rings is 1. The van der Waals surface area contributed by atoms with E-state index in [-0.39, 0.29) is 30.3 Å². The highest BCUT2D eigenvalue weighted by Crippen LogP contribution is 2.26. The highest BCUT2D eigenvalue weighted by atomic mass is 35.5. The third-order valence-corrected chi connectivity index (χ3v) is 4.26. The fraction of sp³-hybridized carbons (Fsp3) is 0.375. The number of hydrogen-bond donors (Lipinski definition) is 1. The van der Waals surface area contributed by atoms with Crippen molar-refractivity contribution in [2.24, 2.45) is 0 Å². The first-order chi connectivity index (χ1) is 11.9. The van der Waals surface area contributed by atoms with Gasteiger partial charge in [0.15, 0.2) is 5.69 Å². The van der Waals surface area contributed by atoms with Crippen molar-refractivity contribution in [1.29, 1.82) is 0 Å². The van der Waals surface area contributed by atoms with Crippen molar-refractivity contribution in [1.82, 2.24) is 19.9 Å². The van der Waals surface area contributed by atoms with E-state index in [9.17, 15) is 9.59 Å². The molecule has 1 amide bonds. The SMILES string of the molecule is CC1COC(c2cccc(Cl)c2)CN1C(=O)Cn1cc(C(=O)O)nn1. The van der Waals surface area contributed by atoms with Gasteiger partial charge in [-0.25, -0.2) is 9.48 Å². The van der Waals surface area contributed by atoms with E-state index >= 15 is 0 Å². The van der Waals surface area contributed by atoms with E-state index in [1.165, 1.54) is 10.9 Å². The van der Waals surface area contributed by atoms with Crippen LogP contribution < -0.4 is 0 Å². The Morgan fingerprint density at radius 2 is 2.24 bits per heavy atom.